The van der Waals surface area contributed by atoms with Crippen molar-refractivity contribution < 1.29 is 14.3 Å². The molecule has 3 aliphatic rings. The van der Waals surface area contributed by atoms with Crippen molar-refractivity contribution in [3.63, 3.8) is 0 Å². The molecule has 184 valence electrons. The van der Waals surface area contributed by atoms with Crippen molar-refractivity contribution in [2.24, 2.45) is 5.92 Å². The van der Waals surface area contributed by atoms with Crippen LogP contribution in [0.1, 0.15) is 104 Å². The standard InChI is InChI=1S/C26H47N3O3/c1-26(2,3)32-25(31)29-19-16-22(20-29)27-24(30)21-12-7-8-14-23(15-11-13-21)28-17-9-5-4-6-10-18-28/h21-23H,4-20H2,1-3H3,(H,27,30)/t21?,22-,23?/m1/s1. The maximum absolute atomic E-state index is 13.0. The van der Waals surface area contributed by atoms with E-state index in [9.17, 15) is 9.59 Å². The predicted molar refractivity (Wildman–Crippen MR) is 129 cm³/mol. The lowest BCUT2D eigenvalue weighted by Crippen LogP contribution is -2.42. The summed E-state index contributed by atoms with van der Waals surface area (Å²) in [6, 6.07) is 0.767. The SMILES string of the molecule is CC(C)(C)OC(=O)N1CC[C@@H](NC(=O)C2CCCCC(N3CCCCCCC3)CCC2)C1. The Morgan fingerprint density at radius 2 is 1.41 bits per heavy atom. The largest absolute Gasteiger partial charge is 0.444 e. The minimum absolute atomic E-state index is 0.0522. The van der Waals surface area contributed by atoms with Gasteiger partial charge < -0.3 is 19.9 Å². The highest BCUT2D eigenvalue weighted by Gasteiger charge is 2.32. The summed E-state index contributed by atoms with van der Waals surface area (Å²) >= 11 is 0. The molecule has 3 fully saturated rings. The lowest BCUT2D eigenvalue weighted by molar-refractivity contribution is -0.126. The van der Waals surface area contributed by atoms with Gasteiger partial charge in [0, 0.05) is 31.1 Å². The Kier molecular flexibility index (Phi) is 9.69. The Labute approximate surface area is 195 Å². The lowest BCUT2D eigenvalue weighted by Gasteiger charge is -2.33. The Morgan fingerprint density at radius 3 is 2.12 bits per heavy atom. The van der Waals surface area contributed by atoms with E-state index >= 15 is 0 Å². The molecule has 2 saturated heterocycles. The number of carbonyl (C=O) groups is 2. The van der Waals surface area contributed by atoms with Gasteiger partial charge in [-0.15, -0.1) is 0 Å². The molecule has 0 radical (unpaired) electrons. The van der Waals surface area contributed by atoms with Crippen molar-refractivity contribution >= 4 is 12.0 Å². The summed E-state index contributed by atoms with van der Waals surface area (Å²) in [5.74, 6) is 0.322. The van der Waals surface area contributed by atoms with Crippen LogP contribution in [0, 0.1) is 5.92 Å². The van der Waals surface area contributed by atoms with Crippen LogP contribution in [0.5, 0.6) is 0 Å². The minimum atomic E-state index is -0.486. The lowest BCUT2D eigenvalue weighted by atomic mass is 9.95. The van der Waals surface area contributed by atoms with Gasteiger partial charge in [-0.05, 0) is 78.8 Å². The highest BCUT2D eigenvalue weighted by Crippen LogP contribution is 2.27. The zero-order valence-corrected chi connectivity index (χ0v) is 20.9. The topological polar surface area (TPSA) is 61.9 Å². The third-order valence-electron chi connectivity index (χ3n) is 7.39. The fraction of sp³-hybridized carbons (Fsp3) is 0.923. The number of hydrogen-bond donors (Lipinski definition) is 1. The fourth-order valence-corrected chi connectivity index (χ4v) is 5.61. The molecule has 1 aliphatic carbocycles. The minimum Gasteiger partial charge on any atom is -0.444 e. The van der Waals surface area contributed by atoms with Crippen molar-refractivity contribution in [3.05, 3.63) is 0 Å². The van der Waals surface area contributed by atoms with Gasteiger partial charge in [0.1, 0.15) is 5.60 Å². The highest BCUT2D eigenvalue weighted by atomic mass is 16.6. The number of amides is 2. The average Bonchev–Trinajstić information content (AvgIpc) is 3.19. The molecule has 6 heteroatoms. The monoisotopic (exact) mass is 449 g/mol. The van der Waals surface area contributed by atoms with E-state index in [1.807, 2.05) is 20.8 Å². The van der Waals surface area contributed by atoms with E-state index in [1.165, 1.54) is 64.5 Å². The van der Waals surface area contributed by atoms with E-state index < -0.39 is 5.60 Å². The molecule has 0 spiro atoms. The molecule has 0 aromatic heterocycles. The van der Waals surface area contributed by atoms with E-state index in [2.05, 4.69) is 10.2 Å². The molecule has 3 atom stereocenters. The number of ether oxygens (including phenoxy) is 1. The molecular formula is C26H47N3O3. The van der Waals surface area contributed by atoms with Gasteiger partial charge >= 0.3 is 6.09 Å². The van der Waals surface area contributed by atoms with Gasteiger partial charge in [0.25, 0.3) is 0 Å². The van der Waals surface area contributed by atoms with Crippen molar-refractivity contribution in [1.29, 1.82) is 0 Å². The summed E-state index contributed by atoms with van der Waals surface area (Å²) in [6.07, 6.45) is 15.5. The molecule has 1 saturated carbocycles. The smallest absolute Gasteiger partial charge is 0.410 e. The van der Waals surface area contributed by atoms with Crippen LogP contribution >= 0.6 is 0 Å². The molecule has 0 aromatic rings. The molecule has 2 aliphatic heterocycles. The van der Waals surface area contributed by atoms with Gasteiger partial charge in [0.2, 0.25) is 5.91 Å². The van der Waals surface area contributed by atoms with Gasteiger partial charge in [0.05, 0.1) is 0 Å². The normalized spacial score (nSPS) is 29.2. The van der Waals surface area contributed by atoms with Gasteiger partial charge in [0.15, 0.2) is 0 Å². The van der Waals surface area contributed by atoms with Crippen LogP contribution in [0.3, 0.4) is 0 Å². The van der Waals surface area contributed by atoms with Crippen LogP contribution in [-0.4, -0.2) is 65.7 Å². The van der Waals surface area contributed by atoms with Crippen LogP contribution in [0.2, 0.25) is 0 Å². The van der Waals surface area contributed by atoms with Gasteiger partial charge in [-0.1, -0.05) is 38.5 Å². The zero-order valence-electron chi connectivity index (χ0n) is 20.9. The predicted octanol–water partition coefficient (Wildman–Crippen LogP) is 5.11. The van der Waals surface area contributed by atoms with E-state index in [0.29, 0.717) is 19.1 Å². The average molecular weight is 450 g/mol. The molecule has 2 unspecified atom stereocenters. The first-order valence-electron chi connectivity index (χ1n) is 13.3. The van der Waals surface area contributed by atoms with E-state index in [4.69, 9.17) is 4.74 Å². The van der Waals surface area contributed by atoms with Crippen LogP contribution < -0.4 is 5.32 Å². The number of nitrogens with zero attached hydrogens (tertiary/aromatic N) is 2. The molecule has 1 N–H and O–H groups in total. The summed E-state index contributed by atoms with van der Waals surface area (Å²) < 4.78 is 5.48. The van der Waals surface area contributed by atoms with Crippen LogP contribution in [0.4, 0.5) is 4.79 Å². The summed E-state index contributed by atoms with van der Waals surface area (Å²) in [7, 11) is 0. The Hall–Kier alpha value is -1.30. The maximum atomic E-state index is 13.0. The van der Waals surface area contributed by atoms with Crippen LogP contribution in [0.25, 0.3) is 0 Å². The van der Waals surface area contributed by atoms with Crippen molar-refractivity contribution in [2.75, 3.05) is 26.2 Å². The number of likely N-dealkylation sites (tertiary alicyclic amines) is 2. The van der Waals surface area contributed by atoms with Crippen LogP contribution in [-0.2, 0) is 9.53 Å². The molecule has 2 amide bonds. The highest BCUT2D eigenvalue weighted by molar-refractivity contribution is 5.79. The van der Waals surface area contributed by atoms with Gasteiger partial charge in [-0.3, -0.25) is 4.79 Å². The molecule has 2 heterocycles. The number of nitrogens with one attached hydrogen (secondary N) is 1. The van der Waals surface area contributed by atoms with Crippen LogP contribution in [0.15, 0.2) is 0 Å². The second-order valence-corrected chi connectivity index (χ2v) is 11.3. The maximum Gasteiger partial charge on any atom is 0.410 e. The second kappa shape index (κ2) is 12.2. The van der Waals surface area contributed by atoms with E-state index in [0.717, 1.165) is 32.1 Å². The van der Waals surface area contributed by atoms with Crippen molar-refractivity contribution in [1.82, 2.24) is 15.1 Å². The van der Waals surface area contributed by atoms with E-state index in [-0.39, 0.29) is 24.0 Å². The molecule has 0 aromatic carbocycles. The van der Waals surface area contributed by atoms with Gasteiger partial charge in [-0.25, -0.2) is 4.79 Å². The first-order chi connectivity index (χ1) is 15.3. The van der Waals surface area contributed by atoms with Crippen molar-refractivity contribution in [2.45, 2.75) is 122 Å². The molecule has 3 rings (SSSR count). The molecule has 0 bridgehead atoms. The Balaban J connectivity index is 1.44. The fourth-order valence-electron chi connectivity index (χ4n) is 5.61. The number of rotatable bonds is 3. The summed E-state index contributed by atoms with van der Waals surface area (Å²) in [5.41, 5.74) is -0.486. The first kappa shape index (κ1) is 25.3. The van der Waals surface area contributed by atoms with Crippen molar-refractivity contribution in [3.8, 4) is 0 Å². The Bertz CT molecular complexity index is 596. The zero-order chi connectivity index (χ0) is 23.0. The van der Waals surface area contributed by atoms with E-state index in [1.54, 1.807) is 4.90 Å². The third kappa shape index (κ3) is 8.24. The summed E-state index contributed by atoms with van der Waals surface area (Å²) in [4.78, 5) is 29.8. The number of carbonyl (C=O) groups excluding carboxylic acids is 2. The summed E-state index contributed by atoms with van der Waals surface area (Å²) in [5, 5.41) is 3.26. The third-order valence-corrected chi connectivity index (χ3v) is 7.39. The second-order valence-electron chi connectivity index (χ2n) is 11.3. The first-order valence-corrected chi connectivity index (χ1v) is 13.3. The molecule has 32 heavy (non-hydrogen) atoms. The number of hydrogen-bond acceptors (Lipinski definition) is 4. The quantitative estimate of drug-likeness (QED) is 0.651. The Morgan fingerprint density at radius 1 is 0.781 bits per heavy atom. The molecule has 6 nitrogen and oxygen atoms in total. The summed E-state index contributed by atoms with van der Waals surface area (Å²) in [6.45, 7) is 9.41. The van der Waals surface area contributed by atoms with Gasteiger partial charge in [-0.2, -0.15) is 0 Å². The molecular weight excluding hydrogens is 402 g/mol.